The molecule has 3 heterocycles. The number of ether oxygens (including phenoxy) is 2. The third kappa shape index (κ3) is 5.29. The third-order valence-electron chi connectivity index (χ3n) is 6.23. The van der Waals surface area contributed by atoms with Crippen LogP contribution < -0.4 is 15.8 Å². The summed E-state index contributed by atoms with van der Waals surface area (Å²) in [5, 5.41) is 3.53. The van der Waals surface area contributed by atoms with Crippen LogP contribution in [0.4, 0.5) is 5.69 Å². The molecule has 1 aromatic carbocycles. The molecule has 3 N–H and O–H groups in total. The number of piperidine rings is 1. The number of halogens is 2. The molecule has 0 saturated carbocycles. The van der Waals surface area contributed by atoms with Gasteiger partial charge in [0, 0.05) is 25.3 Å². The second-order valence-corrected chi connectivity index (χ2v) is 8.67. The van der Waals surface area contributed by atoms with Crippen LogP contribution in [0.25, 0.3) is 0 Å². The fourth-order valence-electron chi connectivity index (χ4n) is 4.50. The molecule has 0 radical (unpaired) electrons. The van der Waals surface area contributed by atoms with E-state index in [0.29, 0.717) is 47.0 Å². The predicted octanol–water partition coefficient (Wildman–Crippen LogP) is 3.15. The van der Waals surface area contributed by atoms with E-state index in [1.807, 2.05) is 0 Å². The first-order valence-corrected chi connectivity index (χ1v) is 10.8. The quantitative estimate of drug-likeness (QED) is 0.683. The maximum absolute atomic E-state index is 12.8. The van der Waals surface area contributed by atoms with E-state index in [0.717, 1.165) is 64.1 Å². The number of benzene rings is 1. The van der Waals surface area contributed by atoms with Gasteiger partial charge in [-0.05, 0) is 63.1 Å². The van der Waals surface area contributed by atoms with Crippen molar-refractivity contribution < 1.29 is 14.3 Å². The number of nitrogens with one attached hydrogen (secondary N) is 1. The minimum atomic E-state index is -0.120. The van der Waals surface area contributed by atoms with Gasteiger partial charge >= 0.3 is 0 Å². The molecule has 0 aromatic heterocycles. The highest BCUT2D eigenvalue weighted by atomic mass is 35.5. The lowest BCUT2D eigenvalue weighted by molar-refractivity contribution is 0.0926. The number of carbonyl (C=O) groups excluding carboxylic acids is 1. The van der Waals surface area contributed by atoms with E-state index < -0.39 is 0 Å². The van der Waals surface area contributed by atoms with E-state index in [2.05, 4.69) is 10.2 Å². The molecule has 8 heteroatoms. The lowest BCUT2D eigenvalue weighted by Crippen LogP contribution is -2.40. The van der Waals surface area contributed by atoms with Crippen LogP contribution in [-0.2, 0) is 11.2 Å². The van der Waals surface area contributed by atoms with Crippen LogP contribution in [0, 0.1) is 11.8 Å². The number of anilines is 1. The van der Waals surface area contributed by atoms with E-state index in [1.54, 1.807) is 6.07 Å². The van der Waals surface area contributed by atoms with E-state index >= 15 is 0 Å². The first kappa shape index (κ1) is 22.5. The highest BCUT2D eigenvalue weighted by Gasteiger charge is 2.26. The van der Waals surface area contributed by atoms with Gasteiger partial charge in [0.2, 0.25) is 0 Å². The zero-order valence-corrected chi connectivity index (χ0v) is 18.3. The van der Waals surface area contributed by atoms with Crippen molar-refractivity contribution in [2.75, 3.05) is 51.7 Å². The van der Waals surface area contributed by atoms with Gasteiger partial charge in [-0.3, -0.25) is 4.79 Å². The van der Waals surface area contributed by atoms with E-state index in [9.17, 15) is 4.79 Å². The lowest BCUT2D eigenvalue weighted by Gasteiger charge is -2.33. The summed E-state index contributed by atoms with van der Waals surface area (Å²) >= 11 is 6.25. The molecule has 162 valence electrons. The molecule has 4 rings (SSSR count). The number of nitrogens with two attached hydrogens (primary N) is 1. The van der Waals surface area contributed by atoms with Crippen molar-refractivity contribution in [3.05, 3.63) is 22.2 Å². The van der Waals surface area contributed by atoms with Gasteiger partial charge < -0.3 is 25.4 Å². The van der Waals surface area contributed by atoms with Gasteiger partial charge in [0.15, 0.2) is 0 Å². The Morgan fingerprint density at radius 1 is 1.24 bits per heavy atom. The highest BCUT2D eigenvalue weighted by molar-refractivity contribution is 6.33. The first-order valence-electron chi connectivity index (χ1n) is 10.4. The molecule has 29 heavy (non-hydrogen) atoms. The summed E-state index contributed by atoms with van der Waals surface area (Å²) in [7, 11) is 0. The van der Waals surface area contributed by atoms with Crippen molar-refractivity contribution in [3.63, 3.8) is 0 Å². The molecular formula is C21H31Cl2N3O3. The van der Waals surface area contributed by atoms with Crippen LogP contribution in [0.2, 0.25) is 5.02 Å². The molecule has 2 fully saturated rings. The number of rotatable bonds is 5. The number of hydrogen-bond donors (Lipinski definition) is 2. The molecule has 1 aromatic rings. The van der Waals surface area contributed by atoms with Crippen molar-refractivity contribution in [3.8, 4) is 5.75 Å². The van der Waals surface area contributed by atoms with Crippen molar-refractivity contribution in [1.29, 1.82) is 0 Å². The number of hydrogen-bond acceptors (Lipinski definition) is 5. The highest BCUT2D eigenvalue weighted by Crippen LogP contribution is 2.38. The maximum Gasteiger partial charge on any atom is 0.255 e. The minimum absolute atomic E-state index is 0. The molecule has 0 bridgehead atoms. The van der Waals surface area contributed by atoms with Crippen molar-refractivity contribution >= 4 is 35.6 Å². The average molecular weight is 444 g/mol. The Balaban J connectivity index is 0.00000240. The third-order valence-corrected chi connectivity index (χ3v) is 6.55. The lowest BCUT2D eigenvalue weighted by atomic mass is 9.95. The molecule has 3 aliphatic rings. The summed E-state index contributed by atoms with van der Waals surface area (Å²) in [6.07, 6.45) is 5.11. The average Bonchev–Trinajstić information content (AvgIpc) is 3.23. The Morgan fingerprint density at radius 3 is 2.76 bits per heavy atom. The zero-order valence-electron chi connectivity index (χ0n) is 16.8. The van der Waals surface area contributed by atoms with E-state index in [4.69, 9.17) is 26.8 Å². The Bertz CT molecular complexity index is 718. The number of nitrogen functional groups attached to an aromatic ring is 1. The number of fused-ring (bicyclic) bond motifs is 1. The second-order valence-electron chi connectivity index (χ2n) is 8.26. The van der Waals surface area contributed by atoms with Crippen LogP contribution in [0.1, 0.15) is 41.6 Å². The van der Waals surface area contributed by atoms with Crippen LogP contribution in [-0.4, -0.2) is 56.8 Å². The Hall–Kier alpha value is -1.21. The largest absolute Gasteiger partial charge is 0.492 e. The molecule has 0 spiro atoms. The van der Waals surface area contributed by atoms with Crippen molar-refractivity contribution in [1.82, 2.24) is 10.2 Å². The molecule has 1 amide bonds. The topological polar surface area (TPSA) is 76.8 Å². The fourth-order valence-corrected chi connectivity index (χ4v) is 4.72. The van der Waals surface area contributed by atoms with Gasteiger partial charge in [-0.2, -0.15) is 0 Å². The van der Waals surface area contributed by atoms with Crippen LogP contribution in [0.15, 0.2) is 6.07 Å². The zero-order chi connectivity index (χ0) is 19.5. The van der Waals surface area contributed by atoms with Crippen LogP contribution in [0.3, 0.4) is 0 Å². The van der Waals surface area contributed by atoms with E-state index in [-0.39, 0.29) is 18.3 Å². The smallest absolute Gasteiger partial charge is 0.255 e. The summed E-state index contributed by atoms with van der Waals surface area (Å²) in [4.78, 5) is 15.3. The Kier molecular flexibility index (Phi) is 7.91. The van der Waals surface area contributed by atoms with Gasteiger partial charge in [0.25, 0.3) is 5.91 Å². The molecule has 1 atom stereocenters. The Labute approximate surface area is 183 Å². The monoisotopic (exact) mass is 443 g/mol. The Morgan fingerprint density at radius 2 is 2.03 bits per heavy atom. The summed E-state index contributed by atoms with van der Waals surface area (Å²) in [6, 6.07) is 1.64. The van der Waals surface area contributed by atoms with Gasteiger partial charge in [-0.1, -0.05) is 11.6 Å². The standard InChI is InChI=1S/C21H30ClN3O3.ClH/c22-18-10-17(20-16(19(18)23)2-1-8-28-20)21(26)24-11-14-3-6-25(7-4-14)12-15-5-9-27-13-15;/h10,14-15H,1-9,11-13,23H2,(H,24,26);1H/t15-;/m0./s1. The number of likely N-dealkylation sites (tertiary alicyclic amines) is 1. The molecule has 3 aliphatic heterocycles. The fraction of sp³-hybridized carbons (Fsp3) is 0.667. The first-order chi connectivity index (χ1) is 13.6. The number of amides is 1. The summed E-state index contributed by atoms with van der Waals surface area (Å²) < 4.78 is 11.2. The summed E-state index contributed by atoms with van der Waals surface area (Å²) in [5.41, 5.74) is 7.99. The predicted molar refractivity (Wildman–Crippen MR) is 117 cm³/mol. The maximum atomic E-state index is 12.8. The molecule has 6 nitrogen and oxygen atoms in total. The van der Waals surface area contributed by atoms with Gasteiger partial charge in [-0.15, -0.1) is 12.4 Å². The van der Waals surface area contributed by atoms with Crippen molar-refractivity contribution in [2.24, 2.45) is 11.8 Å². The molecule has 0 aliphatic carbocycles. The molecular weight excluding hydrogens is 413 g/mol. The number of nitrogens with zero attached hydrogens (tertiary/aromatic N) is 1. The van der Waals surface area contributed by atoms with Crippen molar-refractivity contribution in [2.45, 2.75) is 32.1 Å². The SMILES string of the molecule is Cl.Nc1c(Cl)cc(C(=O)NCC2CCN(C[C@@H]3CCOC3)CC2)c2c1CCCO2. The summed E-state index contributed by atoms with van der Waals surface area (Å²) in [6.45, 7) is 6.47. The summed E-state index contributed by atoms with van der Waals surface area (Å²) in [5.74, 6) is 1.70. The number of carbonyl (C=O) groups is 1. The van der Waals surface area contributed by atoms with E-state index in [1.165, 1.54) is 6.42 Å². The molecule has 0 unspecified atom stereocenters. The van der Waals surface area contributed by atoms with Gasteiger partial charge in [0.1, 0.15) is 5.75 Å². The van der Waals surface area contributed by atoms with Gasteiger partial charge in [0.05, 0.1) is 29.5 Å². The second kappa shape index (κ2) is 10.2. The van der Waals surface area contributed by atoms with Gasteiger partial charge in [-0.25, -0.2) is 0 Å². The minimum Gasteiger partial charge on any atom is -0.492 e. The molecule has 2 saturated heterocycles. The van der Waals surface area contributed by atoms with Crippen LogP contribution in [0.5, 0.6) is 5.75 Å². The normalized spacial score (nSPS) is 22.4. The van der Waals surface area contributed by atoms with Crippen LogP contribution >= 0.6 is 24.0 Å².